The highest BCUT2D eigenvalue weighted by Gasteiger charge is 2.12. The molecular formula is C12H15BrClNO3. The van der Waals surface area contributed by atoms with E-state index in [2.05, 4.69) is 21.2 Å². The third kappa shape index (κ3) is 4.48. The van der Waals surface area contributed by atoms with E-state index in [0.29, 0.717) is 20.9 Å². The molecule has 1 rings (SSSR count). The molecule has 1 aromatic rings. The number of benzene rings is 1. The third-order valence-electron chi connectivity index (χ3n) is 2.03. The van der Waals surface area contributed by atoms with E-state index < -0.39 is 0 Å². The number of ether oxygens (including phenoxy) is 2. The molecule has 0 aliphatic rings. The van der Waals surface area contributed by atoms with Crippen LogP contribution in [0.3, 0.4) is 0 Å². The molecule has 0 saturated carbocycles. The average molecular weight is 337 g/mol. The van der Waals surface area contributed by atoms with E-state index in [1.54, 1.807) is 12.1 Å². The van der Waals surface area contributed by atoms with E-state index in [0.717, 1.165) is 0 Å². The summed E-state index contributed by atoms with van der Waals surface area (Å²) >= 11 is 9.24. The number of anilines is 1. The van der Waals surface area contributed by atoms with Crippen molar-refractivity contribution in [1.29, 1.82) is 0 Å². The van der Waals surface area contributed by atoms with Gasteiger partial charge in [-0.25, -0.2) is 0 Å². The van der Waals surface area contributed by atoms with Crippen LogP contribution in [0.25, 0.3) is 0 Å². The lowest BCUT2D eigenvalue weighted by Crippen LogP contribution is -2.21. The molecule has 0 radical (unpaired) electrons. The molecule has 18 heavy (non-hydrogen) atoms. The second-order valence-corrected chi connectivity index (χ2v) is 5.17. The van der Waals surface area contributed by atoms with Crippen molar-refractivity contribution in [2.75, 3.05) is 19.0 Å². The van der Waals surface area contributed by atoms with Crippen molar-refractivity contribution < 1.29 is 14.3 Å². The van der Waals surface area contributed by atoms with E-state index in [1.165, 1.54) is 7.11 Å². The van der Waals surface area contributed by atoms with Crippen LogP contribution in [-0.2, 0) is 9.53 Å². The maximum Gasteiger partial charge on any atom is 0.250 e. The molecule has 6 heteroatoms. The fourth-order valence-electron chi connectivity index (χ4n) is 1.29. The average Bonchev–Trinajstić information content (AvgIpc) is 2.26. The zero-order valence-electron chi connectivity index (χ0n) is 10.4. The van der Waals surface area contributed by atoms with Gasteiger partial charge in [0.1, 0.15) is 6.61 Å². The Balaban J connectivity index is 2.80. The topological polar surface area (TPSA) is 47.6 Å². The largest absolute Gasteiger partial charge is 0.493 e. The first kappa shape index (κ1) is 15.3. The van der Waals surface area contributed by atoms with Crippen LogP contribution in [0.4, 0.5) is 5.69 Å². The molecule has 0 aliphatic heterocycles. The number of halogens is 2. The number of carbonyl (C=O) groups excluding carboxylic acids is 1. The Kier molecular flexibility index (Phi) is 5.91. The second-order valence-electron chi connectivity index (χ2n) is 3.88. The van der Waals surface area contributed by atoms with E-state index in [1.807, 2.05) is 13.8 Å². The highest BCUT2D eigenvalue weighted by atomic mass is 79.9. The van der Waals surface area contributed by atoms with Gasteiger partial charge in [0.05, 0.1) is 23.4 Å². The molecule has 4 nitrogen and oxygen atoms in total. The summed E-state index contributed by atoms with van der Waals surface area (Å²) < 4.78 is 11.1. The highest BCUT2D eigenvalue weighted by Crippen LogP contribution is 2.36. The fourth-order valence-corrected chi connectivity index (χ4v) is 2.26. The second kappa shape index (κ2) is 6.97. The monoisotopic (exact) mass is 335 g/mol. The lowest BCUT2D eigenvalue weighted by molar-refractivity contribution is -0.121. The highest BCUT2D eigenvalue weighted by molar-refractivity contribution is 9.10. The molecule has 0 saturated heterocycles. The molecule has 0 atom stereocenters. The Hall–Kier alpha value is -0.780. The summed E-state index contributed by atoms with van der Waals surface area (Å²) in [6, 6.07) is 3.32. The molecule has 1 N–H and O–H groups in total. The first-order valence-electron chi connectivity index (χ1n) is 5.38. The fraction of sp³-hybridized carbons (Fsp3) is 0.417. The summed E-state index contributed by atoms with van der Waals surface area (Å²) in [4.78, 5) is 11.7. The number of hydrogen-bond acceptors (Lipinski definition) is 3. The van der Waals surface area contributed by atoms with Gasteiger partial charge in [-0.1, -0.05) is 11.6 Å². The zero-order chi connectivity index (χ0) is 13.7. The van der Waals surface area contributed by atoms with Crippen LogP contribution in [0, 0.1) is 0 Å². The van der Waals surface area contributed by atoms with Crippen LogP contribution < -0.4 is 10.1 Å². The smallest absolute Gasteiger partial charge is 0.250 e. The van der Waals surface area contributed by atoms with Crippen LogP contribution in [0.5, 0.6) is 5.75 Å². The zero-order valence-corrected chi connectivity index (χ0v) is 12.8. The first-order valence-corrected chi connectivity index (χ1v) is 6.55. The molecule has 0 heterocycles. The first-order chi connectivity index (χ1) is 8.43. The molecule has 0 aliphatic carbocycles. The van der Waals surface area contributed by atoms with Crippen molar-refractivity contribution in [3.8, 4) is 5.75 Å². The number of rotatable bonds is 5. The molecule has 0 aromatic heterocycles. The summed E-state index contributed by atoms with van der Waals surface area (Å²) in [5, 5.41) is 3.20. The molecule has 0 fully saturated rings. The van der Waals surface area contributed by atoms with E-state index in [9.17, 15) is 4.79 Å². The summed E-state index contributed by atoms with van der Waals surface area (Å²) in [5.74, 6) is 0.272. The van der Waals surface area contributed by atoms with Gasteiger partial charge in [0.2, 0.25) is 5.91 Å². The summed E-state index contributed by atoms with van der Waals surface area (Å²) in [6.45, 7) is 3.72. The molecule has 100 valence electrons. The quantitative estimate of drug-likeness (QED) is 0.895. The molecule has 1 amide bonds. The Morgan fingerprint density at radius 3 is 2.72 bits per heavy atom. The maximum atomic E-state index is 11.7. The Morgan fingerprint density at radius 1 is 1.50 bits per heavy atom. The predicted molar refractivity (Wildman–Crippen MR) is 75.4 cm³/mol. The lowest BCUT2D eigenvalue weighted by Gasteiger charge is -2.13. The Bertz CT molecular complexity index is 438. The third-order valence-corrected chi connectivity index (χ3v) is 2.84. The van der Waals surface area contributed by atoms with Crippen molar-refractivity contribution in [3.05, 3.63) is 21.6 Å². The van der Waals surface area contributed by atoms with E-state index >= 15 is 0 Å². The summed E-state index contributed by atoms with van der Waals surface area (Å²) in [7, 11) is 1.52. The van der Waals surface area contributed by atoms with Gasteiger partial charge in [0.25, 0.3) is 0 Å². The van der Waals surface area contributed by atoms with Crippen molar-refractivity contribution in [2.45, 2.75) is 20.0 Å². The van der Waals surface area contributed by atoms with Gasteiger partial charge in [-0.15, -0.1) is 0 Å². The van der Waals surface area contributed by atoms with Gasteiger partial charge in [-0.2, -0.15) is 0 Å². The number of carbonyl (C=O) groups is 1. The minimum absolute atomic E-state index is 0.00347. The molecule has 1 aromatic carbocycles. The van der Waals surface area contributed by atoms with Crippen molar-refractivity contribution in [2.24, 2.45) is 0 Å². The van der Waals surface area contributed by atoms with E-state index in [-0.39, 0.29) is 18.6 Å². The van der Waals surface area contributed by atoms with Crippen LogP contribution >= 0.6 is 27.5 Å². The maximum absolute atomic E-state index is 11.7. The van der Waals surface area contributed by atoms with Gasteiger partial charge in [-0.3, -0.25) is 4.79 Å². The normalized spacial score (nSPS) is 10.6. The number of nitrogens with one attached hydrogen (secondary N) is 1. The van der Waals surface area contributed by atoms with Crippen LogP contribution in [0.2, 0.25) is 5.02 Å². The van der Waals surface area contributed by atoms with Crippen molar-refractivity contribution in [3.63, 3.8) is 0 Å². The van der Waals surface area contributed by atoms with Crippen molar-refractivity contribution in [1.82, 2.24) is 0 Å². The van der Waals surface area contributed by atoms with Gasteiger partial charge < -0.3 is 14.8 Å². The summed E-state index contributed by atoms with van der Waals surface area (Å²) in [6.07, 6.45) is 0.00347. The lowest BCUT2D eigenvalue weighted by atomic mass is 10.3. The van der Waals surface area contributed by atoms with Crippen LogP contribution in [-0.4, -0.2) is 25.7 Å². The molecular weight excluding hydrogens is 321 g/mol. The molecule has 0 unspecified atom stereocenters. The minimum Gasteiger partial charge on any atom is -0.493 e. The van der Waals surface area contributed by atoms with Crippen LogP contribution in [0.15, 0.2) is 16.6 Å². The number of hydrogen-bond donors (Lipinski definition) is 1. The predicted octanol–water partition coefficient (Wildman–Crippen LogP) is 3.47. The number of methoxy groups -OCH3 is 1. The van der Waals surface area contributed by atoms with Gasteiger partial charge in [0, 0.05) is 5.02 Å². The van der Waals surface area contributed by atoms with Crippen LogP contribution in [0.1, 0.15) is 13.8 Å². The molecule has 0 bridgehead atoms. The standard InChI is InChI=1S/C12H15BrClNO3/c1-7(2)18-6-11(16)15-10-5-8(14)4-9(13)12(10)17-3/h4-5,7H,6H2,1-3H3,(H,15,16). The minimum atomic E-state index is -0.254. The number of amides is 1. The van der Waals surface area contributed by atoms with E-state index in [4.69, 9.17) is 21.1 Å². The van der Waals surface area contributed by atoms with Gasteiger partial charge in [-0.05, 0) is 41.9 Å². The van der Waals surface area contributed by atoms with Crippen molar-refractivity contribution >= 4 is 39.1 Å². The SMILES string of the molecule is COc1c(Br)cc(Cl)cc1NC(=O)COC(C)C. The van der Waals surface area contributed by atoms with Gasteiger partial charge in [0.15, 0.2) is 5.75 Å². The Morgan fingerprint density at radius 2 is 2.17 bits per heavy atom. The molecule has 0 spiro atoms. The Labute approximate surface area is 120 Å². The van der Waals surface area contributed by atoms with Gasteiger partial charge >= 0.3 is 0 Å². The summed E-state index contributed by atoms with van der Waals surface area (Å²) in [5.41, 5.74) is 0.509.